The van der Waals surface area contributed by atoms with Crippen molar-refractivity contribution >= 4 is 11.9 Å². The van der Waals surface area contributed by atoms with Crippen LogP contribution in [0.15, 0.2) is 24.3 Å². The molecule has 2 fully saturated rings. The molecule has 1 aromatic carbocycles. The molecule has 0 aromatic heterocycles. The van der Waals surface area contributed by atoms with Crippen LogP contribution in [-0.2, 0) is 11.3 Å². The second-order valence-electron chi connectivity index (χ2n) is 6.42. The van der Waals surface area contributed by atoms with Crippen LogP contribution in [0.1, 0.15) is 25.3 Å². The van der Waals surface area contributed by atoms with Gasteiger partial charge in [-0.25, -0.2) is 14.1 Å². The van der Waals surface area contributed by atoms with E-state index in [0.29, 0.717) is 6.54 Å². The summed E-state index contributed by atoms with van der Waals surface area (Å²) in [6.45, 7) is 2.58. The third-order valence-electron chi connectivity index (χ3n) is 4.44. The van der Waals surface area contributed by atoms with E-state index < -0.39 is 5.54 Å². The Morgan fingerprint density at radius 2 is 1.95 bits per heavy atom. The monoisotopic (exact) mass is 305 g/mol. The van der Waals surface area contributed by atoms with E-state index in [1.54, 1.807) is 12.1 Å². The summed E-state index contributed by atoms with van der Waals surface area (Å²) in [5, 5.41) is 2.83. The van der Waals surface area contributed by atoms with Gasteiger partial charge in [-0.1, -0.05) is 12.1 Å². The summed E-state index contributed by atoms with van der Waals surface area (Å²) in [4.78, 5) is 27.7. The maximum atomic E-state index is 12.9. The third kappa shape index (κ3) is 2.70. The normalized spacial score (nSPS) is 25.0. The second kappa shape index (κ2) is 5.35. The number of hydrogen-bond donors (Lipinski definition) is 1. The Kier molecular flexibility index (Phi) is 3.64. The molecule has 5 nitrogen and oxygen atoms in total. The number of rotatable bonds is 5. The van der Waals surface area contributed by atoms with E-state index in [0.717, 1.165) is 18.4 Å². The molecule has 22 heavy (non-hydrogen) atoms. The van der Waals surface area contributed by atoms with Gasteiger partial charge in [-0.2, -0.15) is 0 Å². The zero-order chi connectivity index (χ0) is 15.9. The number of amides is 3. The van der Waals surface area contributed by atoms with E-state index in [9.17, 15) is 14.0 Å². The van der Waals surface area contributed by atoms with Crippen LogP contribution in [0.5, 0.6) is 0 Å². The van der Waals surface area contributed by atoms with Gasteiger partial charge >= 0.3 is 6.03 Å². The first-order chi connectivity index (χ1) is 10.4. The van der Waals surface area contributed by atoms with Gasteiger partial charge in [-0.15, -0.1) is 0 Å². The number of halogens is 1. The summed E-state index contributed by atoms with van der Waals surface area (Å²) in [7, 11) is 1.83. The molecule has 6 heteroatoms. The van der Waals surface area contributed by atoms with Crippen LogP contribution in [0.25, 0.3) is 0 Å². The molecular formula is C16H20FN3O2. The fraction of sp³-hybridized carbons (Fsp3) is 0.500. The van der Waals surface area contributed by atoms with Crippen LogP contribution in [0, 0.1) is 11.7 Å². The van der Waals surface area contributed by atoms with Gasteiger partial charge in [0.15, 0.2) is 0 Å². The minimum Gasteiger partial charge on any atom is -0.323 e. The maximum Gasteiger partial charge on any atom is 0.326 e. The van der Waals surface area contributed by atoms with Crippen molar-refractivity contribution in [1.29, 1.82) is 0 Å². The highest BCUT2D eigenvalue weighted by Gasteiger charge is 2.55. The van der Waals surface area contributed by atoms with Gasteiger partial charge in [0.25, 0.3) is 5.91 Å². The molecule has 1 N–H and O–H groups in total. The first-order valence-corrected chi connectivity index (χ1v) is 7.47. The Hall–Kier alpha value is -1.95. The number of carbonyl (C=O) groups is 2. The van der Waals surface area contributed by atoms with Crippen LogP contribution in [-0.4, -0.2) is 41.0 Å². The fourth-order valence-electron chi connectivity index (χ4n) is 2.97. The van der Waals surface area contributed by atoms with Crippen molar-refractivity contribution in [1.82, 2.24) is 15.1 Å². The van der Waals surface area contributed by atoms with Gasteiger partial charge in [0, 0.05) is 6.54 Å². The van der Waals surface area contributed by atoms with Crippen molar-refractivity contribution in [2.75, 3.05) is 13.7 Å². The molecule has 0 radical (unpaired) electrons. The summed E-state index contributed by atoms with van der Waals surface area (Å²) in [6.07, 6.45) is 1.98. The van der Waals surface area contributed by atoms with Crippen molar-refractivity contribution in [3.63, 3.8) is 0 Å². The van der Waals surface area contributed by atoms with Crippen molar-refractivity contribution in [2.24, 2.45) is 5.92 Å². The first-order valence-electron chi connectivity index (χ1n) is 7.47. The van der Waals surface area contributed by atoms with E-state index >= 15 is 0 Å². The zero-order valence-corrected chi connectivity index (χ0v) is 12.8. The van der Waals surface area contributed by atoms with E-state index in [-0.39, 0.29) is 30.3 Å². The number of urea groups is 1. The van der Waals surface area contributed by atoms with Crippen molar-refractivity contribution in [2.45, 2.75) is 31.8 Å². The quantitative estimate of drug-likeness (QED) is 0.846. The predicted molar refractivity (Wildman–Crippen MR) is 79.2 cm³/mol. The summed E-state index contributed by atoms with van der Waals surface area (Å²) in [5.41, 5.74) is 0.189. The molecular weight excluding hydrogens is 285 g/mol. The number of hydrogen-bond acceptors (Lipinski definition) is 3. The number of imide groups is 1. The molecule has 1 aliphatic heterocycles. The van der Waals surface area contributed by atoms with E-state index in [4.69, 9.17) is 0 Å². The molecule has 0 spiro atoms. The lowest BCUT2D eigenvalue weighted by atomic mass is 9.96. The second-order valence-corrected chi connectivity index (χ2v) is 6.42. The molecule has 118 valence electrons. The Bertz CT molecular complexity index is 600. The Morgan fingerprint density at radius 3 is 2.55 bits per heavy atom. The molecule has 0 unspecified atom stereocenters. The smallest absolute Gasteiger partial charge is 0.323 e. The van der Waals surface area contributed by atoms with Crippen LogP contribution >= 0.6 is 0 Å². The molecule has 3 amide bonds. The zero-order valence-electron chi connectivity index (χ0n) is 12.8. The van der Waals surface area contributed by atoms with Crippen LogP contribution in [0.2, 0.25) is 0 Å². The molecule has 1 aromatic rings. The van der Waals surface area contributed by atoms with Crippen molar-refractivity contribution < 1.29 is 14.0 Å². The lowest BCUT2D eigenvalue weighted by Gasteiger charge is -2.24. The molecule has 1 heterocycles. The van der Waals surface area contributed by atoms with Gasteiger partial charge < -0.3 is 5.32 Å². The SMILES string of the molecule is CN(Cc1ccc(F)cc1)CN1C(=O)N[C@@](C)(C2CC2)C1=O. The molecule has 3 rings (SSSR count). The predicted octanol–water partition coefficient (Wildman–Crippen LogP) is 1.94. The average molecular weight is 305 g/mol. The van der Waals surface area contributed by atoms with Gasteiger partial charge in [0.1, 0.15) is 11.4 Å². The number of benzene rings is 1. The summed E-state index contributed by atoms with van der Waals surface area (Å²) in [6, 6.07) is 5.88. The number of nitrogens with one attached hydrogen (secondary N) is 1. The lowest BCUT2D eigenvalue weighted by molar-refractivity contribution is -0.132. The minimum absolute atomic E-state index is 0.147. The number of carbonyl (C=O) groups excluding carboxylic acids is 2. The third-order valence-corrected chi connectivity index (χ3v) is 4.44. The van der Waals surface area contributed by atoms with Gasteiger partial charge in [-0.05, 0) is 50.4 Å². The highest BCUT2D eigenvalue weighted by atomic mass is 19.1. The van der Waals surface area contributed by atoms with Gasteiger partial charge in [0.05, 0.1) is 6.67 Å². The Morgan fingerprint density at radius 1 is 1.32 bits per heavy atom. The van der Waals surface area contributed by atoms with Crippen LogP contribution < -0.4 is 5.32 Å². The average Bonchev–Trinajstić information content (AvgIpc) is 3.28. The van der Waals surface area contributed by atoms with Gasteiger partial charge in [0.2, 0.25) is 0 Å². The van der Waals surface area contributed by atoms with Crippen LogP contribution in [0.3, 0.4) is 0 Å². The molecule has 1 atom stereocenters. The first kappa shape index (κ1) is 15.0. The minimum atomic E-state index is -0.742. The standard InChI is InChI=1S/C16H20FN3O2/c1-16(12-5-6-12)14(21)20(15(22)18-16)10-19(2)9-11-3-7-13(17)8-4-11/h3-4,7-8,12H,5-6,9-10H2,1-2H3,(H,18,22)/t16-/m0/s1. The van der Waals surface area contributed by atoms with E-state index in [1.807, 2.05) is 18.9 Å². The van der Waals surface area contributed by atoms with Crippen molar-refractivity contribution in [3.05, 3.63) is 35.6 Å². The van der Waals surface area contributed by atoms with E-state index in [2.05, 4.69) is 5.32 Å². The Labute approximate surface area is 129 Å². The molecule has 2 aliphatic rings. The largest absolute Gasteiger partial charge is 0.326 e. The highest BCUT2D eigenvalue weighted by molar-refractivity contribution is 6.07. The number of nitrogens with zero attached hydrogens (tertiary/aromatic N) is 2. The molecule has 1 saturated heterocycles. The van der Waals surface area contributed by atoms with Gasteiger partial charge in [-0.3, -0.25) is 9.69 Å². The molecule has 1 saturated carbocycles. The van der Waals surface area contributed by atoms with Crippen molar-refractivity contribution in [3.8, 4) is 0 Å². The topological polar surface area (TPSA) is 52.6 Å². The highest BCUT2D eigenvalue weighted by Crippen LogP contribution is 2.42. The summed E-state index contributed by atoms with van der Waals surface area (Å²) >= 11 is 0. The molecule has 1 aliphatic carbocycles. The molecule has 0 bridgehead atoms. The summed E-state index contributed by atoms with van der Waals surface area (Å²) in [5.74, 6) is -0.164. The lowest BCUT2D eigenvalue weighted by Crippen LogP contribution is -2.46. The summed E-state index contributed by atoms with van der Waals surface area (Å²) < 4.78 is 12.9. The Balaban J connectivity index is 1.63. The van der Waals surface area contributed by atoms with Crippen LogP contribution in [0.4, 0.5) is 9.18 Å². The maximum absolute atomic E-state index is 12.9. The fourth-order valence-corrected chi connectivity index (χ4v) is 2.97. The van der Waals surface area contributed by atoms with E-state index in [1.165, 1.54) is 17.0 Å².